The summed E-state index contributed by atoms with van der Waals surface area (Å²) in [6.07, 6.45) is 0.543. The van der Waals surface area contributed by atoms with Crippen LogP contribution in [0.15, 0.2) is 80.8 Å². The molecule has 1 aromatic heterocycles. The number of rotatable bonds is 8. The van der Waals surface area contributed by atoms with Crippen LogP contribution in [0.1, 0.15) is 41.2 Å². The average Bonchev–Trinajstić information content (AvgIpc) is 2.85. The Hall–Kier alpha value is -3.75. The van der Waals surface area contributed by atoms with Gasteiger partial charge in [0.1, 0.15) is 17.4 Å². The molecule has 0 amide bonds. The first-order chi connectivity index (χ1) is 17.6. The smallest absolute Gasteiger partial charge is 0.340 e. The van der Waals surface area contributed by atoms with E-state index >= 15 is 0 Å². The Morgan fingerprint density at radius 1 is 0.973 bits per heavy atom. The van der Waals surface area contributed by atoms with E-state index in [1.165, 1.54) is 12.1 Å². The van der Waals surface area contributed by atoms with Crippen molar-refractivity contribution in [3.8, 4) is 5.75 Å². The summed E-state index contributed by atoms with van der Waals surface area (Å²) in [6.45, 7) is 7.14. The number of carbonyl (C=O) groups excluding carboxylic acids is 1. The average molecular weight is 520 g/mol. The van der Waals surface area contributed by atoms with E-state index in [-0.39, 0.29) is 17.1 Å². The minimum absolute atomic E-state index is 0.0635. The predicted octanol–water partition coefficient (Wildman–Crippen LogP) is 4.97. The molecule has 0 saturated heterocycles. The van der Waals surface area contributed by atoms with Gasteiger partial charge in [0, 0.05) is 12.0 Å². The minimum atomic E-state index is -3.94. The van der Waals surface area contributed by atoms with E-state index in [2.05, 4.69) is 4.72 Å². The Bertz CT molecular complexity index is 1610. The number of hydrogen-bond donors (Lipinski definition) is 1. The van der Waals surface area contributed by atoms with Gasteiger partial charge in [0.25, 0.3) is 0 Å². The first-order valence-corrected chi connectivity index (χ1v) is 13.5. The molecule has 37 heavy (non-hydrogen) atoms. The zero-order valence-electron chi connectivity index (χ0n) is 21.2. The molecule has 1 unspecified atom stereocenters. The van der Waals surface area contributed by atoms with E-state index in [1.807, 2.05) is 37.3 Å². The lowest BCUT2D eigenvalue weighted by atomic mass is 9.98. The van der Waals surface area contributed by atoms with Crippen molar-refractivity contribution < 1.29 is 22.4 Å². The molecule has 0 saturated carbocycles. The summed E-state index contributed by atoms with van der Waals surface area (Å²) in [5.74, 6) is -0.538. The second-order valence-electron chi connectivity index (χ2n) is 9.11. The molecule has 1 heterocycles. The van der Waals surface area contributed by atoms with Crippen molar-refractivity contribution >= 4 is 27.0 Å². The van der Waals surface area contributed by atoms with Gasteiger partial charge in [0.15, 0.2) is 0 Å². The molecule has 0 fully saturated rings. The quantitative estimate of drug-likeness (QED) is 0.200. The molecule has 4 aromatic rings. The summed E-state index contributed by atoms with van der Waals surface area (Å²) in [5, 5.41) is 0.501. The van der Waals surface area contributed by atoms with Gasteiger partial charge >= 0.3 is 11.6 Å². The van der Waals surface area contributed by atoms with Gasteiger partial charge in [-0.1, -0.05) is 55.0 Å². The third kappa shape index (κ3) is 5.81. The van der Waals surface area contributed by atoms with Gasteiger partial charge in [0.2, 0.25) is 10.0 Å². The highest BCUT2D eigenvalue weighted by Crippen LogP contribution is 2.32. The fourth-order valence-corrected chi connectivity index (χ4v) is 5.44. The highest BCUT2D eigenvalue weighted by Gasteiger charge is 2.27. The van der Waals surface area contributed by atoms with Crippen LogP contribution in [0.5, 0.6) is 5.75 Å². The number of hydrogen-bond acceptors (Lipinski definition) is 6. The van der Waals surface area contributed by atoms with Gasteiger partial charge in [-0.15, -0.1) is 0 Å². The molecule has 1 N–H and O–H groups in total. The standard InChI is InChI=1S/C29H29NO6S/c1-5-24(30-37(33,34)22-13-11-18(2)12-14-22)29(32)36-26-16-19(3)15-25-27(26)20(4)23(28(31)35-25)17-21-9-7-6-8-10-21/h6-16,24,30H,5,17H2,1-4H3. The third-order valence-corrected chi connectivity index (χ3v) is 7.73. The lowest BCUT2D eigenvalue weighted by molar-refractivity contribution is -0.136. The Kier molecular flexibility index (Phi) is 7.61. The maximum absolute atomic E-state index is 13.2. The number of aryl methyl sites for hydroxylation is 3. The minimum Gasteiger partial charge on any atom is -0.425 e. The molecule has 8 heteroatoms. The summed E-state index contributed by atoms with van der Waals surface area (Å²) in [5.41, 5.74) is 3.55. The normalized spacial score (nSPS) is 12.4. The molecule has 3 aromatic carbocycles. The van der Waals surface area contributed by atoms with Crippen LogP contribution in [0, 0.1) is 20.8 Å². The van der Waals surface area contributed by atoms with Gasteiger partial charge in [-0.3, -0.25) is 0 Å². The summed E-state index contributed by atoms with van der Waals surface area (Å²) in [6, 6.07) is 18.2. The second-order valence-corrected chi connectivity index (χ2v) is 10.8. The Morgan fingerprint density at radius 2 is 1.65 bits per heavy atom. The van der Waals surface area contributed by atoms with E-state index < -0.39 is 27.7 Å². The summed E-state index contributed by atoms with van der Waals surface area (Å²) < 4.78 is 39.6. The molecule has 7 nitrogen and oxygen atoms in total. The zero-order chi connectivity index (χ0) is 26.7. The highest BCUT2D eigenvalue weighted by atomic mass is 32.2. The fraction of sp³-hybridized carbons (Fsp3) is 0.241. The van der Waals surface area contributed by atoms with Gasteiger partial charge in [-0.05, 0) is 68.1 Å². The molecule has 0 radical (unpaired) electrons. The second kappa shape index (κ2) is 10.7. The summed E-state index contributed by atoms with van der Waals surface area (Å²) in [4.78, 5) is 26.1. The van der Waals surface area contributed by atoms with Crippen molar-refractivity contribution in [1.29, 1.82) is 0 Å². The topological polar surface area (TPSA) is 103 Å². The van der Waals surface area contributed by atoms with Gasteiger partial charge < -0.3 is 9.15 Å². The fourth-order valence-electron chi connectivity index (χ4n) is 4.17. The van der Waals surface area contributed by atoms with E-state index in [1.54, 1.807) is 45.0 Å². The van der Waals surface area contributed by atoms with Crippen LogP contribution in [0.3, 0.4) is 0 Å². The molecular formula is C29H29NO6S. The van der Waals surface area contributed by atoms with Crippen molar-refractivity contribution in [2.45, 2.75) is 51.5 Å². The Labute approximate surface area is 216 Å². The SMILES string of the molecule is CCC(NS(=O)(=O)c1ccc(C)cc1)C(=O)Oc1cc(C)cc2oc(=O)c(Cc3ccccc3)c(C)c12. The largest absolute Gasteiger partial charge is 0.425 e. The lowest BCUT2D eigenvalue weighted by Gasteiger charge is -2.18. The molecular weight excluding hydrogens is 490 g/mol. The van der Waals surface area contributed by atoms with Crippen molar-refractivity contribution in [2.75, 3.05) is 0 Å². The van der Waals surface area contributed by atoms with Gasteiger partial charge in [-0.25, -0.2) is 18.0 Å². The lowest BCUT2D eigenvalue weighted by Crippen LogP contribution is -2.42. The number of carbonyl (C=O) groups is 1. The molecule has 0 aliphatic carbocycles. The van der Waals surface area contributed by atoms with Crippen molar-refractivity contribution in [2.24, 2.45) is 0 Å². The summed E-state index contributed by atoms with van der Waals surface area (Å²) in [7, 11) is -3.94. The monoisotopic (exact) mass is 519 g/mol. The third-order valence-electron chi connectivity index (χ3n) is 6.24. The highest BCUT2D eigenvalue weighted by molar-refractivity contribution is 7.89. The number of ether oxygens (including phenoxy) is 1. The number of esters is 1. The predicted molar refractivity (Wildman–Crippen MR) is 142 cm³/mol. The van der Waals surface area contributed by atoms with Gasteiger partial charge in [-0.2, -0.15) is 4.72 Å². The molecule has 0 aliphatic rings. The van der Waals surface area contributed by atoms with Crippen molar-refractivity contribution in [3.63, 3.8) is 0 Å². The Morgan fingerprint density at radius 3 is 2.30 bits per heavy atom. The molecule has 0 bridgehead atoms. The van der Waals surface area contributed by atoms with Crippen LogP contribution in [0.2, 0.25) is 0 Å². The van der Waals surface area contributed by atoms with Gasteiger partial charge in [0.05, 0.1) is 10.3 Å². The van der Waals surface area contributed by atoms with E-state index in [9.17, 15) is 18.0 Å². The van der Waals surface area contributed by atoms with E-state index in [4.69, 9.17) is 9.15 Å². The van der Waals surface area contributed by atoms with Crippen LogP contribution in [-0.2, 0) is 21.2 Å². The first-order valence-electron chi connectivity index (χ1n) is 12.0. The molecule has 0 spiro atoms. The number of benzene rings is 3. The summed E-state index contributed by atoms with van der Waals surface area (Å²) >= 11 is 0. The number of fused-ring (bicyclic) bond motifs is 1. The Balaban J connectivity index is 1.68. The maximum Gasteiger partial charge on any atom is 0.340 e. The maximum atomic E-state index is 13.2. The van der Waals surface area contributed by atoms with Crippen LogP contribution in [0.4, 0.5) is 0 Å². The van der Waals surface area contributed by atoms with E-state index in [0.717, 1.165) is 16.7 Å². The van der Waals surface area contributed by atoms with Crippen LogP contribution in [0.25, 0.3) is 11.0 Å². The van der Waals surface area contributed by atoms with E-state index in [0.29, 0.717) is 28.5 Å². The zero-order valence-corrected chi connectivity index (χ0v) is 22.0. The number of sulfonamides is 1. The van der Waals surface area contributed by atoms with Crippen LogP contribution < -0.4 is 15.1 Å². The molecule has 0 aliphatic heterocycles. The molecule has 192 valence electrons. The van der Waals surface area contributed by atoms with Crippen LogP contribution >= 0.6 is 0 Å². The van der Waals surface area contributed by atoms with Crippen molar-refractivity contribution in [1.82, 2.24) is 4.72 Å². The van der Waals surface area contributed by atoms with Crippen molar-refractivity contribution in [3.05, 3.63) is 105 Å². The van der Waals surface area contributed by atoms with Crippen LogP contribution in [-0.4, -0.2) is 20.4 Å². The molecule has 4 rings (SSSR count). The molecule has 1 atom stereocenters. The number of nitrogens with one attached hydrogen (secondary N) is 1. The first kappa shape index (κ1) is 26.3.